The number of aromatic nitrogens is 2. The first kappa shape index (κ1) is 12.3. The Kier molecular flexibility index (Phi) is 3.29. The molecule has 1 saturated heterocycles. The maximum absolute atomic E-state index is 12.2. The zero-order valence-corrected chi connectivity index (χ0v) is 11.6. The van der Waals surface area contributed by atoms with Gasteiger partial charge in [0.05, 0.1) is 5.56 Å². The third kappa shape index (κ3) is 2.51. The van der Waals surface area contributed by atoms with Crippen LogP contribution < -0.4 is 0 Å². The zero-order valence-electron chi connectivity index (χ0n) is 10.7. The molecule has 1 amide bonds. The topological polar surface area (TPSA) is 46.1 Å². The minimum absolute atomic E-state index is 0.122. The van der Waals surface area contributed by atoms with Crippen molar-refractivity contribution >= 4 is 17.2 Å². The molecule has 3 rings (SSSR count). The summed E-state index contributed by atoms with van der Waals surface area (Å²) in [7, 11) is 0. The van der Waals surface area contributed by atoms with E-state index in [9.17, 15) is 4.79 Å². The standard InChI is InChI=1S/C14H15N3OS/c1-10-2-5-15-13(16-10)11-3-6-17(8-11)14(18)12-4-7-19-9-12/h2,4-5,7,9,11H,3,6,8H2,1H3. The van der Waals surface area contributed by atoms with Crippen LogP contribution >= 0.6 is 11.3 Å². The van der Waals surface area contributed by atoms with Gasteiger partial charge in [-0.3, -0.25) is 4.79 Å². The van der Waals surface area contributed by atoms with Crippen molar-refractivity contribution in [2.45, 2.75) is 19.3 Å². The SMILES string of the molecule is Cc1ccnc(C2CCN(C(=O)c3ccsc3)C2)n1. The summed E-state index contributed by atoms with van der Waals surface area (Å²) in [4.78, 5) is 22.9. The van der Waals surface area contributed by atoms with Crippen LogP contribution in [0.5, 0.6) is 0 Å². The molecule has 0 bridgehead atoms. The normalized spacial score (nSPS) is 18.8. The second-order valence-electron chi connectivity index (χ2n) is 4.81. The van der Waals surface area contributed by atoms with Crippen LogP contribution in [0.2, 0.25) is 0 Å². The van der Waals surface area contributed by atoms with E-state index in [1.807, 2.05) is 34.7 Å². The first-order chi connectivity index (χ1) is 9.24. The molecule has 5 heteroatoms. The van der Waals surface area contributed by atoms with Gasteiger partial charge in [0.25, 0.3) is 5.91 Å². The van der Waals surface area contributed by atoms with Crippen molar-refractivity contribution in [1.29, 1.82) is 0 Å². The van der Waals surface area contributed by atoms with Crippen molar-refractivity contribution in [2.24, 2.45) is 0 Å². The molecule has 0 aromatic carbocycles. The van der Waals surface area contributed by atoms with Gasteiger partial charge < -0.3 is 4.90 Å². The van der Waals surface area contributed by atoms with Crippen LogP contribution in [0.4, 0.5) is 0 Å². The van der Waals surface area contributed by atoms with Crippen LogP contribution in [0.25, 0.3) is 0 Å². The van der Waals surface area contributed by atoms with Gasteiger partial charge in [-0.2, -0.15) is 11.3 Å². The molecule has 0 aliphatic carbocycles. The van der Waals surface area contributed by atoms with Gasteiger partial charge in [0, 0.05) is 36.3 Å². The summed E-state index contributed by atoms with van der Waals surface area (Å²) in [6.07, 6.45) is 2.74. The van der Waals surface area contributed by atoms with Crippen LogP contribution in [0.3, 0.4) is 0 Å². The average Bonchev–Trinajstić information content (AvgIpc) is 3.10. The Hall–Kier alpha value is -1.75. The number of likely N-dealkylation sites (tertiary alicyclic amines) is 1. The van der Waals surface area contributed by atoms with Crippen molar-refractivity contribution in [2.75, 3.05) is 13.1 Å². The summed E-state index contributed by atoms with van der Waals surface area (Å²) in [5, 5.41) is 3.84. The second kappa shape index (κ2) is 5.09. The van der Waals surface area contributed by atoms with Gasteiger partial charge in [-0.05, 0) is 30.9 Å². The third-order valence-electron chi connectivity index (χ3n) is 3.42. The predicted molar refractivity (Wildman–Crippen MR) is 74.3 cm³/mol. The van der Waals surface area contributed by atoms with Gasteiger partial charge in [-0.25, -0.2) is 9.97 Å². The Morgan fingerprint density at radius 1 is 1.47 bits per heavy atom. The van der Waals surface area contributed by atoms with Crippen LogP contribution in [-0.2, 0) is 0 Å². The van der Waals surface area contributed by atoms with E-state index in [2.05, 4.69) is 9.97 Å². The molecule has 98 valence electrons. The Morgan fingerprint density at radius 2 is 2.37 bits per heavy atom. The number of carbonyl (C=O) groups excluding carboxylic acids is 1. The first-order valence-corrected chi connectivity index (χ1v) is 7.29. The Bertz CT molecular complexity index is 582. The zero-order chi connectivity index (χ0) is 13.2. The molecule has 4 nitrogen and oxygen atoms in total. The molecule has 2 aromatic heterocycles. The maximum Gasteiger partial charge on any atom is 0.254 e. The molecule has 1 aliphatic rings. The minimum atomic E-state index is 0.122. The highest BCUT2D eigenvalue weighted by atomic mass is 32.1. The fourth-order valence-electron chi connectivity index (χ4n) is 2.39. The smallest absolute Gasteiger partial charge is 0.254 e. The quantitative estimate of drug-likeness (QED) is 0.844. The van der Waals surface area contributed by atoms with Crippen molar-refractivity contribution in [3.8, 4) is 0 Å². The summed E-state index contributed by atoms with van der Waals surface area (Å²) in [5.41, 5.74) is 1.77. The van der Waals surface area contributed by atoms with E-state index in [4.69, 9.17) is 0 Å². The number of carbonyl (C=O) groups is 1. The molecule has 1 atom stereocenters. The molecular formula is C14H15N3OS. The predicted octanol–water partition coefficient (Wildman–Crippen LogP) is 2.48. The summed E-state index contributed by atoms with van der Waals surface area (Å²) >= 11 is 1.55. The molecule has 0 saturated carbocycles. The third-order valence-corrected chi connectivity index (χ3v) is 4.11. The van der Waals surface area contributed by atoms with Gasteiger partial charge in [0.1, 0.15) is 5.82 Å². The van der Waals surface area contributed by atoms with Crippen molar-refractivity contribution < 1.29 is 4.79 Å². The number of hydrogen-bond acceptors (Lipinski definition) is 4. The largest absolute Gasteiger partial charge is 0.338 e. The first-order valence-electron chi connectivity index (χ1n) is 6.35. The van der Waals surface area contributed by atoms with E-state index in [-0.39, 0.29) is 11.8 Å². The monoisotopic (exact) mass is 273 g/mol. The molecule has 1 fully saturated rings. The van der Waals surface area contributed by atoms with E-state index in [0.29, 0.717) is 0 Å². The summed E-state index contributed by atoms with van der Waals surface area (Å²) in [5.74, 6) is 1.25. The van der Waals surface area contributed by atoms with Gasteiger partial charge in [0.15, 0.2) is 0 Å². The van der Waals surface area contributed by atoms with Gasteiger partial charge >= 0.3 is 0 Å². The lowest BCUT2D eigenvalue weighted by Gasteiger charge is -2.15. The molecule has 0 radical (unpaired) electrons. The highest BCUT2D eigenvalue weighted by Crippen LogP contribution is 2.26. The fourth-order valence-corrected chi connectivity index (χ4v) is 3.02. The van der Waals surface area contributed by atoms with Crippen LogP contribution in [0.1, 0.15) is 34.2 Å². The average molecular weight is 273 g/mol. The molecule has 0 spiro atoms. The van der Waals surface area contributed by atoms with E-state index in [0.717, 1.165) is 36.6 Å². The molecule has 2 aromatic rings. The summed E-state index contributed by atoms with van der Waals surface area (Å²) in [6, 6.07) is 3.77. The molecule has 3 heterocycles. The summed E-state index contributed by atoms with van der Waals surface area (Å²) < 4.78 is 0. The maximum atomic E-state index is 12.2. The molecule has 0 N–H and O–H groups in total. The van der Waals surface area contributed by atoms with E-state index < -0.39 is 0 Å². The number of aryl methyl sites for hydroxylation is 1. The summed E-state index contributed by atoms with van der Waals surface area (Å²) in [6.45, 7) is 3.48. The lowest BCUT2D eigenvalue weighted by molar-refractivity contribution is 0.0791. The fraction of sp³-hybridized carbons (Fsp3) is 0.357. The Balaban J connectivity index is 1.72. The number of hydrogen-bond donors (Lipinski definition) is 0. The Labute approximate surface area is 116 Å². The van der Waals surface area contributed by atoms with Crippen molar-refractivity contribution in [3.05, 3.63) is 46.2 Å². The molecule has 19 heavy (non-hydrogen) atoms. The highest BCUT2D eigenvalue weighted by molar-refractivity contribution is 7.08. The van der Waals surface area contributed by atoms with E-state index in [1.54, 1.807) is 17.5 Å². The molecule has 1 unspecified atom stereocenters. The lowest BCUT2D eigenvalue weighted by atomic mass is 10.1. The number of amides is 1. The van der Waals surface area contributed by atoms with Crippen LogP contribution in [0, 0.1) is 6.92 Å². The van der Waals surface area contributed by atoms with Gasteiger partial charge in [-0.1, -0.05) is 0 Å². The van der Waals surface area contributed by atoms with Gasteiger partial charge in [0.2, 0.25) is 0 Å². The highest BCUT2D eigenvalue weighted by Gasteiger charge is 2.29. The number of nitrogens with zero attached hydrogens (tertiary/aromatic N) is 3. The number of thiophene rings is 1. The van der Waals surface area contributed by atoms with Crippen LogP contribution in [0.15, 0.2) is 29.1 Å². The van der Waals surface area contributed by atoms with Gasteiger partial charge in [-0.15, -0.1) is 0 Å². The van der Waals surface area contributed by atoms with E-state index in [1.165, 1.54) is 0 Å². The Morgan fingerprint density at radius 3 is 3.11 bits per heavy atom. The molecular weight excluding hydrogens is 258 g/mol. The van der Waals surface area contributed by atoms with Crippen LogP contribution in [-0.4, -0.2) is 33.9 Å². The van der Waals surface area contributed by atoms with Crippen molar-refractivity contribution in [3.63, 3.8) is 0 Å². The lowest BCUT2D eigenvalue weighted by Crippen LogP contribution is -2.28. The number of rotatable bonds is 2. The van der Waals surface area contributed by atoms with Crippen molar-refractivity contribution in [1.82, 2.24) is 14.9 Å². The minimum Gasteiger partial charge on any atom is -0.338 e. The molecule has 1 aliphatic heterocycles. The second-order valence-corrected chi connectivity index (χ2v) is 5.59. The van der Waals surface area contributed by atoms with E-state index >= 15 is 0 Å².